The van der Waals surface area contributed by atoms with E-state index in [0.717, 1.165) is 0 Å². The Balaban J connectivity index is 1.77. The average Bonchev–Trinajstić information content (AvgIpc) is 3.06. The van der Waals surface area contributed by atoms with Crippen molar-refractivity contribution in [1.82, 2.24) is 5.32 Å². The monoisotopic (exact) mass is 347 g/mol. The molecule has 25 heavy (non-hydrogen) atoms. The molecule has 2 N–H and O–H groups in total. The molecule has 1 heterocycles. The van der Waals surface area contributed by atoms with Crippen LogP contribution in [0.4, 0.5) is 0 Å². The number of hydrogen-bond acceptors (Lipinski definition) is 5. The smallest absolute Gasteiger partial charge is 0.371 e. The normalized spacial score (nSPS) is 10.5. The summed E-state index contributed by atoms with van der Waals surface area (Å²) in [6, 6.07) is 9.91. The van der Waals surface area contributed by atoms with Gasteiger partial charge in [-0.1, -0.05) is 19.9 Å². The number of carboxylic acids is 1. The topological polar surface area (TPSA) is 98.0 Å². The van der Waals surface area contributed by atoms with Gasteiger partial charge in [0.2, 0.25) is 5.76 Å². The lowest BCUT2D eigenvalue weighted by Crippen LogP contribution is -2.28. The van der Waals surface area contributed by atoms with Gasteiger partial charge in [0, 0.05) is 6.07 Å². The van der Waals surface area contributed by atoms with Gasteiger partial charge in [-0.15, -0.1) is 0 Å². The number of furan rings is 1. The fourth-order valence-electron chi connectivity index (χ4n) is 1.89. The van der Waals surface area contributed by atoms with E-state index in [1.54, 1.807) is 18.2 Å². The van der Waals surface area contributed by atoms with Crippen LogP contribution in [0.1, 0.15) is 30.2 Å². The van der Waals surface area contributed by atoms with E-state index >= 15 is 0 Å². The number of aromatic carboxylic acids is 1. The first-order valence-electron chi connectivity index (χ1n) is 7.88. The highest BCUT2D eigenvalue weighted by molar-refractivity contribution is 5.84. The van der Waals surface area contributed by atoms with Gasteiger partial charge < -0.3 is 24.3 Å². The van der Waals surface area contributed by atoms with Crippen LogP contribution in [0, 0.1) is 5.92 Å². The molecule has 0 saturated carbocycles. The van der Waals surface area contributed by atoms with Crippen molar-refractivity contribution in [2.24, 2.45) is 5.92 Å². The molecule has 2 rings (SSSR count). The number of nitrogens with one attached hydrogen (secondary N) is 1. The lowest BCUT2D eigenvalue weighted by atomic mass is 10.2. The maximum atomic E-state index is 11.8. The number of ether oxygens (including phenoxy) is 2. The molecule has 0 aliphatic carbocycles. The van der Waals surface area contributed by atoms with E-state index in [0.29, 0.717) is 29.8 Å². The number of amides is 1. The molecule has 0 fully saturated rings. The number of benzene rings is 1. The number of carbonyl (C=O) groups is 2. The third-order valence-electron chi connectivity index (χ3n) is 3.09. The van der Waals surface area contributed by atoms with Crippen LogP contribution in [0.2, 0.25) is 0 Å². The van der Waals surface area contributed by atoms with Gasteiger partial charge in [-0.05, 0) is 30.2 Å². The van der Waals surface area contributed by atoms with Gasteiger partial charge in [0.05, 0.1) is 13.2 Å². The fraction of sp³-hybridized carbons (Fsp3) is 0.333. The first-order valence-corrected chi connectivity index (χ1v) is 7.88. The second-order valence-electron chi connectivity index (χ2n) is 5.82. The van der Waals surface area contributed by atoms with E-state index < -0.39 is 5.97 Å². The summed E-state index contributed by atoms with van der Waals surface area (Å²) < 4.78 is 16.1. The summed E-state index contributed by atoms with van der Waals surface area (Å²) in [6.45, 7) is 4.64. The summed E-state index contributed by atoms with van der Waals surface area (Å²) in [5.41, 5.74) is 0. The number of rotatable bonds is 9. The Morgan fingerprint density at radius 2 is 1.88 bits per heavy atom. The Kier molecular flexibility index (Phi) is 6.45. The number of carbonyl (C=O) groups excluding carboxylic acids is 1. The summed E-state index contributed by atoms with van der Waals surface area (Å²) >= 11 is 0. The summed E-state index contributed by atoms with van der Waals surface area (Å²) in [4.78, 5) is 22.5. The summed E-state index contributed by atoms with van der Waals surface area (Å²) in [5, 5.41) is 11.4. The molecule has 1 aromatic carbocycles. The van der Waals surface area contributed by atoms with E-state index in [1.807, 2.05) is 6.07 Å². The molecule has 7 heteroatoms. The van der Waals surface area contributed by atoms with Crippen LogP contribution in [-0.2, 0) is 11.3 Å². The number of carboxylic acid groups (broad SMARTS) is 1. The van der Waals surface area contributed by atoms with E-state index in [2.05, 4.69) is 19.2 Å². The molecule has 7 nitrogen and oxygen atoms in total. The van der Waals surface area contributed by atoms with Gasteiger partial charge in [-0.2, -0.15) is 0 Å². The van der Waals surface area contributed by atoms with Gasteiger partial charge in [-0.25, -0.2) is 4.79 Å². The van der Waals surface area contributed by atoms with Crippen LogP contribution >= 0.6 is 0 Å². The highest BCUT2D eigenvalue weighted by Gasteiger charge is 2.10. The molecule has 0 atom stereocenters. The van der Waals surface area contributed by atoms with Gasteiger partial charge in [0.15, 0.2) is 6.61 Å². The highest BCUT2D eigenvalue weighted by atomic mass is 16.5. The van der Waals surface area contributed by atoms with Crippen LogP contribution in [0.5, 0.6) is 11.5 Å². The lowest BCUT2D eigenvalue weighted by molar-refractivity contribution is -0.123. The van der Waals surface area contributed by atoms with Crippen molar-refractivity contribution in [2.45, 2.75) is 20.4 Å². The van der Waals surface area contributed by atoms with Gasteiger partial charge in [0.1, 0.15) is 17.3 Å². The third-order valence-corrected chi connectivity index (χ3v) is 3.09. The Morgan fingerprint density at radius 1 is 1.16 bits per heavy atom. The highest BCUT2D eigenvalue weighted by Crippen LogP contribution is 2.19. The van der Waals surface area contributed by atoms with Crippen molar-refractivity contribution in [3.63, 3.8) is 0 Å². The SMILES string of the molecule is CC(C)COc1cccc(OCC(=O)NCc2ccc(C(=O)O)o2)c1. The van der Waals surface area contributed by atoms with Crippen molar-refractivity contribution < 1.29 is 28.6 Å². The van der Waals surface area contributed by atoms with Gasteiger partial charge >= 0.3 is 5.97 Å². The Morgan fingerprint density at radius 3 is 2.52 bits per heavy atom. The van der Waals surface area contributed by atoms with E-state index in [1.165, 1.54) is 12.1 Å². The fourth-order valence-corrected chi connectivity index (χ4v) is 1.89. The van der Waals surface area contributed by atoms with Crippen LogP contribution in [0.25, 0.3) is 0 Å². The molecule has 0 unspecified atom stereocenters. The molecular formula is C18H21NO6. The Bertz CT molecular complexity index is 722. The first-order chi connectivity index (χ1) is 11.9. The van der Waals surface area contributed by atoms with Crippen molar-refractivity contribution in [3.8, 4) is 11.5 Å². The molecule has 0 aliphatic heterocycles. The summed E-state index contributed by atoms with van der Waals surface area (Å²) in [5.74, 6) is 0.320. The molecule has 0 saturated heterocycles. The van der Waals surface area contributed by atoms with E-state index in [4.69, 9.17) is 19.0 Å². The molecule has 1 amide bonds. The zero-order chi connectivity index (χ0) is 18.2. The van der Waals surface area contributed by atoms with Crippen LogP contribution < -0.4 is 14.8 Å². The molecule has 0 bridgehead atoms. The number of hydrogen-bond donors (Lipinski definition) is 2. The van der Waals surface area contributed by atoms with Crippen molar-refractivity contribution in [2.75, 3.05) is 13.2 Å². The summed E-state index contributed by atoms with van der Waals surface area (Å²) in [6.07, 6.45) is 0. The minimum absolute atomic E-state index is 0.0903. The van der Waals surface area contributed by atoms with Crippen molar-refractivity contribution in [1.29, 1.82) is 0 Å². The van der Waals surface area contributed by atoms with E-state index in [-0.39, 0.29) is 24.8 Å². The van der Waals surface area contributed by atoms with Gasteiger partial charge in [-0.3, -0.25) is 4.79 Å². The molecule has 0 aliphatic rings. The minimum atomic E-state index is -1.15. The van der Waals surface area contributed by atoms with Crippen LogP contribution in [-0.4, -0.2) is 30.2 Å². The first kappa shape index (κ1) is 18.4. The van der Waals surface area contributed by atoms with Crippen LogP contribution in [0.15, 0.2) is 40.8 Å². The maximum absolute atomic E-state index is 11.8. The zero-order valence-electron chi connectivity index (χ0n) is 14.2. The predicted octanol–water partition coefficient (Wildman–Crippen LogP) is 2.71. The van der Waals surface area contributed by atoms with Gasteiger partial charge in [0.25, 0.3) is 5.91 Å². The molecular weight excluding hydrogens is 326 g/mol. The molecule has 1 aromatic heterocycles. The minimum Gasteiger partial charge on any atom is -0.493 e. The quantitative estimate of drug-likeness (QED) is 0.724. The largest absolute Gasteiger partial charge is 0.493 e. The molecule has 0 spiro atoms. The molecule has 0 radical (unpaired) electrons. The molecule has 134 valence electrons. The Hall–Kier alpha value is -2.96. The average molecular weight is 347 g/mol. The maximum Gasteiger partial charge on any atom is 0.371 e. The van der Waals surface area contributed by atoms with Crippen molar-refractivity contribution >= 4 is 11.9 Å². The van der Waals surface area contributed by atoms with Crippen LogP contribution in [0.3, 0.4) is 0 Å². The molecule has 2 aromatic rings. The standard InChI is InChI=1S/C18H21NO6/c1-12(2)10-23-13-4-3-5-14(8-13)24-11-17(20)19-9-15-6-7-16(25-15)18(21)22/h3-8,12H,9-11H2,1-2H3,(H,19,20)(H,21,22). The van der Waals surface area contributed by atoms with Crippen molar-refractivity contribution in [3.05, 3.63) is 47.9 Å². The predicted molar refractivity (Wildman–Crippen MR) is 89.8 cm³/mol. The second kappa shape index (κ2) is 8.77. The zero-order valence-corrected chi connectivity index (χ0v) is 14.2. The lowest BCUT2D eigenvalue weighted by Gasteiger charge is -2.11. The third kappa shape index (κ3) is 6.21. The summed E-state index contributed by atoms with van der Waals surface area (Å²) in [7, 11) is 0. The second-order valence-corrected chi connectivity index (χ2v) is 5.82. The Labute approximate surface area is 145 Å². The van der Waals surface area contributed by atoms with E-state index in [9.17, 15) is 9.59 Å².